The summed E-state index contributed by atoms with van der Waals surface area (Å²) < 4.78 is 7.28. The van der Waals surface area contributed by atoms with Crippen LogP contribution in [0.3, 0.4) is 0 Å². The third-order valence-corrected chi connectivity index (χ3v) is 5.37. The second kappa shape index (κ2) is 13.6. The lowest BCUT2D eigenvalue weighted by molar-refractivity contribution is 0.171. The fourth-order valence-electron chi connectivity index (χ4n) is 3.72. The van der Waals surface area contributed by atoms with Gasteiger partial charge in [0.05, 0.1) is 13.2 Å². The number of aromatic nitrogens is 3. The second-order valence-electron chi connectivity index (χ2n) is 7.67. The lowest BCUT2D eigenvalue weighted by Gasteiger charge is -2.36. The van der Waals surface area contributed by atoms with Crippen LogP contribution < -0.4 is 5.32 Å². The van der Waals surface area contributed by atoms with Crippen molar-refractivity contribution < 1.29 is 4.74 Å². The van der Waals surface area contributed by atoms with Gasteiger partial charge in [-0.15, -0.1) is 34.2 Å². The van der Waals surface area contributed by atoms with E-state index in [-0.39, 0.29) is 24.0 Å². The second-order valence-corrected chi connectivity index (χ2v) is 7.67. The van der Waals surface area contributed by atoms with E-state index in [4.69, 9.17) is 9.73 Å². The summed E-state index contributed by atoms with van der Waals surface area (Å²) in [5.74, 6) is 1.98. The minimum Gasteiger partial charge on any atom is -0.383 e. The SMILES string of the molecule is CCc1nncn1CCNC(=NCCOC)N1CCN(Cc2cccc(C)c2)CC1.I. The lowest BCUT2D eigenvalue weighted by Crippen LogP contribution is -2.52. The molecule has 172 valence electrons. The van der Waals surface area contributed by atoms with E-state index in [9.17, 15) is 0 Å². The number of aliphatic imine (C=N–C) groups is 1. The molecule has 0 bridgehead atoms. The van der Waals surface area contributed by atoms with Crippen molar-refractivity contribution in [1.82, 2.24) is 29.9 Å². The first-order valence-corrected chi connectivity index (χ1v) is 10.9. The molecule has 0 atom stereocenters. The zero-order valence-electron chi connectivity index (χ0n) is 19.0. The number of nitrogens with zero attached hydrogens (tertiary/aromatic N) is 6. The normalized spacial score (nSPS) is 15.1. The average Bonchev–Trinajstić information content (AvgIpc) is 3.21. The number of halogens is 1. The van der Waals surface area contributed by atoms with Gasteiger partial charge in [-0.1, -0.05) is 36.8 Å². The van der Waals surface area contributed by atoms with Gasteiger partial charge in [0.1, 0.15) is 12.2 Å². The molecule has 0 unspecified atom stereocenters. The van der Waals surface area contributed by atoms with Crippen molar-refractivity contribution in [2.75, 3.05) is 53.0 Å². The van der Waals surface area contributed by atoms with Crippen molar-refractivity contribution in [2.45, 2.75) is 33.4 Å². The van der Waals surface area contributed by atoms with E-state index in [1.165, 1.54) is 11.1 Å². The van der Waals surface area contributed by atoms with E-state index in [1.807, 2.05) is 0 Å². The number of guanidine groups is 1. The Morgan fingerprint density at radius 3 is 2.74 bits per heavy atom. The molecule has 0 spiro atoms. The smallest absolute Gasteiger partial charge is 0.194 e. The number of rotatable bonds is 9. The van der Waals surface area contributed by atoms with Crippen LogP contribution >= 0.6 is 24.0 Å². The molecule has 1 aliphatic rings. The Kier molecular flexibility index (Phi) is 11.2. The molecule has 1 aromatic carbocycles. The maximum absolute atomic E-state index is 5.18. The quantitative estimate of drug-likeness (QED) is 0.227. The van der Waals surface area contributed by atoms with Crippen LogP contribution in [0.1, 0.15) is 23.9 Å². The fraction of sp³-hybridized carbons (Fsp3) is 0.591. The monoisotopic (exact) mass is 541 g/mol. The van der Waals surface area contributed by atoms with Crippen LogP contribution in [-0.2, 0) is 24.2 Å². The van der Waals surface area contributed by atoms with Gasteiger partial charge in [-0.3, -0.25) is 9.89 Å². The Morgan fingerprint density at radius 2 is 2.03 bits per heavy atom. The van der Waals surface area contributed by atoms with Crippen LogP contribution in [0.4, 0.5) is 0 Å². The Balaban J connectivity index is 0.00000341. The lowest BCUT2D eigenvalue weighted by atomic mass is 10.1. The molecule has 1 saturated heterocycles. The standard InChI is InChI=1S/C22H35N7O.HI/c1-4-21-26-25-18-29(21)10-8-23-22(24-9-15-30-3)28-13-11-27(12-14-28)17-20-7-5-6-19(2)16-20;/h5-7,16,18H,4,8-15,17H2,1-3H3,(H,23,24);1H. The molecule has 0 radical (unpaired) electrons. The van der Waals surface area contributed by atoms with Gasteiger partial charge in [0.25, 0.3) is 0 Å². The third kappa shape index (κ3) is 8.04. The minimum atomic E-state index is 0. The van der Waals surface area contributed by atoms with E-state index < -0.39 is 0 Å². The van der Waals surface area contributed by atoms with Gasteiger partial charge < -0.3 is 19.5 Å². The van der Waals surface area contributed by atoms with Crippen LogP contribution in [0.15, 0.2) is 35.6 Å². The molecule has 1 N–H and O–H groups in total. The molecule has 31 heavy (non-hydrogen) atoms. The predicted molar refractivity (Wildman–Crippen MR) is 135 cm³/mol. The van der Waals surface area contributed by atoms with Crippen LogP contribution in [0.5, 0.6) is 0 Å². The fourth-order valence-corrected chi connectivity index (χ4v) is 3.72. The Morgan fingerprint density at radius 1 is 1.23 bits per heavy atom. The van der Waals surface area contributed by atoms with Crippen LogP contribution in [-0.4, -0.2) is 83.5 Å². The van der Waals surface area contributed by atoms with E-state index >= 15 is 0 Å². The molecule has 2 aromatic rings. The molecule has 0 aliphatic carbocycles. The van der Waals surface area contributed by atoms with Crippen LogP contribution in [0, 0.1) is 6.92 Å². The number of ether oxygens (including phenoxy) is 1. The molecule has 2 heterocycles. The Bertz CT molecular complexity index is 803. The summed E-state index contributed by atoms with van der Waals surface area (Å²) in [5, 5.41) is 11.7. The van der Waals surface area contributed by atoms with Gasteiger partial charge >= 0.3 is 0 Å². The summed E-state index contributed by atoms with van der Waals surface area (Å²) in [7, 11) is 1.71. The molecule has 8 nitrogen and oxygen atoms in total. The topological polar surface area (TPSA) is 70.8 Å². The molecule has 0 saturated carbocycles. The first-order valence-electron chi connectivity index (χ1n) is 10.9. The van der Waals surface area contributed by atoms with Crippen LogP contribution in [0.2, 0.25) is 0 Å². The van der Waals surface area contributed by atoms with Crippen molar-refractivity contribution in [2.24, 2.45) is 4.99 Å². The van der Waals surface area contributed by atoms with Crippen LogP contribution in [0.25, 0.3) is 0 Å². The third-order valence-electron chi connectivity index (χ3n) is 5.37. The predicted octanol–water partition coefficient (Wildman–Crippen LogP) is 2.18. The number of aryl methyl sites for hydroxylation is 2. The molecular weight excluding hydrogens is 505 g/mol. The Labute approximate surface area is 203 Å². The number of methoxy groups -OCH3 is 1. The van der Waals surface area contributed by atoms with Gasteiger partial charge in [-0.05, 0) is 12.5 Å². The molecular formula is C22H36IN7O. The Hall–Kier alpha value is -1.72. The highest BCUT2D eigenvalue weighted by Crippen LogP contribution is 2.10. The summed E-state index contributed by atoms with van der Waals surface area (Å²) in [6.07, 6.45) is 2.68. The number of benzene rings is 1. The van der Waals surface area contributed by atoms with E-state index in [0.717, 1.165) is 64.0 Å². The largest absolute Gasteiger partial charge is 0.383 e. The number of nitrogens with one attached hydrogen (secondary N) is 1. The molecule has 1 fully saturated rings. The van der Waals surface area contributed by atoms with Crippen molar-refractivity contribution >= 4 is 29.9 Å². The zero-order valence-corrected chi connectivity index (χ0v) is 21.3. The van der Waals surface area contributed by atoms with Gasteiger partial charge in [0.15, 0.2) is 5.96 Å². The molecule has 1 aliphatic heterocycles. The van der Waals surface area contributed by atoms with E-state index in [1.54, 1.807) is 13.4 Å². The summed E-state index contributed by atoms with van der Waals surface area (Å²) >= 11 is 0. The van der Waals surface area contributed by atoms with Crippen molar-refractivity contribution in [3.63, 3.8) is 0 Å². The maximum atomic E-state index is 5.18. The summed E-state index contributed by atoms with van der Waals surface area (Å²) in [6.45, 7) is 12.2. The van der Waals surface area contributed by atoms with Gasteiger partial charge in [0, 0.05) is 59.3 Å². The first kappa shape index (κ1) is 25.5. The number of hydrogen-bond acceptors (Lipinski definition) is 5. The highest BCUT2D eigenvalue weighted by Gasteiger charge is 2.20. The van der Waals surface area contributed by atoms with Gasteiger partial charge in [-0.2, -0.15) is 0 Å². The van der Waals surface area contributed by atoms with E-state index in [0.29, 0.717) is 13.2 Å². The first-order chi connectivity index (χ1) is 14.7. The highest BCUT2D eigenvalue weighted by molar-refractivity contribution is 14.0. The zero-order chi connectivity index (χ0) is 21.2. The van der Waals surface area contributed by atoms with Crippen molar-refractivity contribution in [3.8, 4) is 0 Å². The average molecular weight is 541 g/mol. The number of hydrogen-bond donors (Lipinski definition) is 1. The molecule has 0 amide bonds. The number of piperazine rings is 1. The summed E-state index contributed by atoms with van der Waals surface area (Å²) in [6, 6.07) is 8.79. The van der Waals surface area contributed by atoms with E-state index in [2.05, 4.69) is 68.0 Å². The maximum Gasteiger partial charge on any atom is 0.194 e. The molecule has 9 heteroatoms. The summed E-state index contributed by atoms with van der Waals surface area (Å²) in [5.41, 5.74) is 2.71. The van der Waals surface area contributed by atoms with Crippen molar-refractivity contribution in [1.29, 1.82) is 0 Å². The molecule has 1 aromatic heterocycles. The minimum absolute atomic E-state index is 0. The van der Waals surface area contributed by atoms with Gasteiger partial charge in [0.2, 0.25) is 0 Å². The highest BCUT2D eigenvalue weighted by atomic mass is 127. The summed E-state index contributed by atoms with van der Waals surface area (Å²) in [4.78, 5) is 9.64. The molecule has 3 rings (SSSR count). The van der Waals surface area contributed by atoms with Gasteiger partial charge in [-0.25, -0.2) is 0 Å². The van der Waals surface area contributed by atoms with Crippen molar-refractivity contribution in [3.05, 3.63) is 47.5 Å².